The van der Waals surface area contributed by atoms with E-state index in [1.54, 1.807) is 0 Å². The van der Waals surface area contributed by atoms with E-state index in [0.29, 0.717) is 19.4 Å². The molecule has 1 aliphatic carbocycles. The second-order valence-corrected chi connectivity index (χ2v) is 5.57. The van der Waals surface area contributed by atoms with Gasteiger partial charge in [-0.1, -0.05) is 24.6 Å². The Bertz CT molecular complexity index is 453. The molecular formula is C16H23NO3. The Morgan fingerprint density at radius 1 is 1.45 bits per heavy atom. The van der Waals surface area contributed by atoms with Crippen molar-refractivity contribution in [1.82, 2.24) is 5.32 Å². The van der Waals surface area contributed by atoms with Crippen molar-refractivity contribution in [2.75, 3.05) is 6.54 Å². The minimum absolute atomic E-state index is 0.0402. The number of rotatable bonds is 5. The lowest BCUT2D eigenvalue weighted by Gasteiger charge is -2.38. The number of aliphatic carboxylic acids is 1. The maximum atomic E-state index is 11.6. The lowest BCUT2D eigenvalue weighted by atomic mass is 9.80. The molecule has 0 aliphatic heterocycles. The number of aryl methyl sites for hydroxylation is 1. The lowest BCUT2D eigenvalue weighted by molar-refractivity contribution is -0.147. The molecule has 2 N–H and O–H groups in total. The van der Waals surface area contributed by atoms with Gasteiger partial charge in [0, 0.05) is 6.42 Å². The molecule has 1 fully saturated rings. The summed E-state index contributed by atoms with van der Waals surface area (Å²) in [4.78, 5) is 11.6. The Morgan fingerprint density at radius 3 is 2.75 bits per heavy atom. The number of hydrogen-bond acceptors (Lipinski definition) is 3. The lowest BCUT2D eigenvalue weighted by Crippen LogP contribution is -2.56. The zero-order valence-corrected chi connectivity index (χ0v) is 12.2. The van der Waals surface area contributed by atoms with Crippen LogP contribution in [0.5, 0.6) is 5.75 Å². The quantitative estimate of drug-likeness (QED) is 0.869. The van der Waals surface area contributed by atoms with E-state index in [4.69, 9.17) is 4.74 Å². The molecule has 4 nitrogen and oxygen atoms in total. The SMILES string of the molecule is CCNC1(C(=O)O)CCCC(Oc2ccc(C)cc2)C1. The van der Waals surface area contributed by atoms with Crippen molar-refractivity contribution >= 4 is 5.97 Å². The Kier molecular flexibility index (Phi) is 4.65. The fraction of sp³-hybridized carbons (Fsp3) is 0.562. The van der Waals surface area contributed by atoms with Crippen LogP contribution in [0.15, 0.2) is 24.3 Å². The third kappa shape index (κ3) is 3.31. The Balaban J connectivity index is 2.05. The van der Waals surface area contributed by atoms with Crippen molar-refractivity contribution in [2.24, 2.45) is 0 Å². The fourth-order valence-electron chi connectivity index (χ4n) is 2.90. The van der Waals surface area contributed by atoms with Crippen LogP contribution in [0, 0.1) is 6.92 Å². The van der Waals surface area contributed by atoms with E-state index < -0.39 is 11.5 Å². The number of carbonyl (C=O) groups is 1. The van der Waals surface area contributed by atoms with Gasteiger partial charge in [-0.15, -0.1) is 0 Å². The number of likely N-dealkylation sites (N-methyl/N-ethyl adjacent to an activating group) is 1. The number of carboxylic acids is 1. The first-order valence-electron chi connectivity index (χ1n) is 7.27. The molecule has 2 unspecified atom stereocenters. The molecule has 0 aromatic heterocycles. The van der Waals surface area contributed by atoms with Gasteiger partial charge in [0.2, 0.25) is 0 Å². The second-order valence-electron chi connectivity index (χ2n) is 5.57. The summed E-state index contributed by atoms with van der Waals surface area (Å²) in [6.07, 6.45) is 2.93. The summed E-state index contributed by atoms with van der Waals surface area (Å²) in [7, 11) is 0. The van der Waals surface area contributed by atoms with E-state index in [1.165, 1.54) is 5.56 Å². The summed E-state index contributed by atoms with van der Waals surface area (Å²) in [5.41, 5.74) is 0.357. The van der Waals surface area contributed by atoms with Crippen LogP contribution < -0.4 is 10.1 Å². The third-order valence-electron chi connectivity index (χ3n) is 3.95. The van der Waals surface area contributed by atoms with Crippen molar-refractivity contribution < 1.29 is 14.6 Å². The molecule has 20 heavy (non-hydrogen) atoms. The first kappa shape index (κ1) is 14.9. The summed E-state index contributed by atoms with van der Waals surface area (Å²) in [6.45, 7) is 4.63. The molecule has 4 heteroatoms. The van der Waals surface area contributed by atoms with Crippen molar-refractivity contribution in [3.8, 4) is 5.75 Å². The second kappa shape index (κ2) is 6.27. The van der Waals surface area contributed by atoms with Gasteiger partial charge >= 0.3 is 5.97 Å². The van der Waals surface area contributed by atoms with Gasteiger partial charge in [-0.05, 0) is 44.9 Å². The predicted molar refractivity (Wildman–Crippen MR) is 78.1 cm³/mol. The molecule has 0 radical (unpaired) electrons. The van der Waals surface area contributed by atoms with Crippen molar-refractivity contribution in [2.45, 2.75) is 51.2 Å². The number of ether oxygens (including phenoxy) is 1. The molecule has 0 saturated heterocycles. The predicted octanol–water partition coefficient (Wildman–Crippen LogP) is 2.75. The standard InChI is InChI=1S/C16H23NO3/c1-3-17-16(15(18)19)10-4-5-14(11-16)20-13-8-6-12(2)7-9-13/h6-9,14,17H,3-5,10-11H2,1-2H3,(H,18,19). The van der Waals surface area contributed by atoms with Crippen LogP contribution in [0.1, 0.15) is 38.2 Å². The Labute approximate surface area is 120 Å². The van der Waals surface area contributed by atoms with E-state index in [0.717, 1.165) is 18.6 Å². The van der Waals surface area contributed by atoms with Crippen LogP contribution in [0.2, 0.25) is 0 Å². The highest BCUT2D eigenvalue weighted by atomic mass is 16.5. The van der Waals surface area contributed by atoms with Gasteiger partial charge in [-0.25, -0.2) is 0 Å². The fourth-order valence-corrected chi connectivity index (χ4v) is 2.90. The first-order valence-corrected chi connectivity index (χ1v) is 7.27. The molecule has 1 aromatic rings. The molecule has 1 aliphatic rings. The highest BCUT2D eigenvalue weighted by molar-refractivity contribution is 5.79. The largest absolute Gasteiger partial charge is 0.490 e. The van der Waals surface area contributed by atoms with Crippen LogP contribution in [0.25, 0.3) is 0 Å². The molecule has 2 atom stereocenters. The van der Waals surface area contributed by atoms with Crippen LogP contribution in [-0.2, 0) is 4.79 Å². The normalized spacial score (nSPS) is 26.2. The molecule has 0 spiro atoms. The van der Waals surface area contributed by atoms with Crippen molar-refractivity contribution in [3.05, 3.63) is 29.8 Å². The highest BCUT2D eigenvalue weighted by Crippen LogP contribution is 2.31. The van der Waals surface area contributed by atoms with Crippen molar-refractivity contribution in [1.29, 1.82) is 0 Å². The third-order valence-corrected chi connectivity index (χ3v) is 3.95. The van der Waals surface area contributed by atoms with Crippen molar-refractivity contribution in [3.63, 3.8) is 0 Å². The molecule has 0 heterocycles. The minimum atomic E-state index is -0.831. The summed E-state index contributed by atoms with van der Waals surface area (Å²) in [5.74, 6) is 0.0508. The number of carboxylic acid groups (broad SMARTS) is 1. The van der Waals surface area contributed by atoms with Gasteiger partial charge in [0.1, 0.15) is 17.4 Å². The maximum absolute atomic E-state index is 11.6. The summed E-state index contributed by atoms with van der Waals surface area (Å²) in [6, 6.07) is 7.90. The van der Waals surface area contributed by atoms with Gasteiger partial charge in [0.25, 0.3) is 0 Å². The van der Waals surface area contributed by atoms with Gasteiger partial charge in [-0.2, -0.15) is 0 Å². The van der Waals surface area contributed by atoms with Gasteiger partial charge in [0.05, 0.1) is 0 Å². The smallest absolute Gasteiger partial charge is 0.324 e. The minimum Gasteiger partial charge on any atom is -0.490 e. The number of benzene rings is 1. The number of hydrogen-bond donors (Lipinski definition) is 2. The molecule has 0 bridgehead atoms. The van der Waals surface area contributed by atoms with E-state index in [9.17, 15) is 9.90 Å². The van der Waals surface area contributed by atoms with Crippen LogP contribution >= 0.6 is 0 Å². The zero-order chi connectivity index (χ0) is 14.6. The summed E-state index contributed by atoms with van der Waals surface area (Å²) >= 11 is 0. The molecule has 110 valence electrons. The maximum Gasteiger partial charge on any atom is 0.324 e. The van der Waals surface area contributed by atoms with Crippen LogP contribution in [0.3, 0.4) is 0 Å². The van der Waals surface area contributed by atoms with Crippen LogP contribution in [-0.4, -0.2) is 29.3 Å². The zero-order valence-electron chi connectivity index (χ0n) is 12.2. The van der Waals surface area contributed by atoms with E-state index >= 15 is 0 Å². The number of nitrogens with one attached hydrogen (secondary N) is 1. The average Bonchev–Trinajstić information content (AvgIpc) is 2.42. The molecule has 1 saturated carbocycles. The first-order chi connectivity index (χ1) is 9.55. The van der Waals surface area contributed by atoms with E-state index in [2.05, 4.69) is 5.32 Å². The molecule has 1 aromatic carbocycles. The Morgan fingerprint density at radius 2 is 2.15 bits per heavy atom. The van der Waals surface area contributed by atoms with Gasteiger partial charge in [-0.3, -0.25) is 4.79 Å². The highest BCUT2D eigenvalue weighted by Gasteiger charge is 2.43. The molecule has 0 amide bonds. The van der Waals surface area contributed by atoms with Gasteiger partial charge < -0.3 is 15.2 Å². The van der Waals surface area contributed by atoms with E-state index in [-0.39, 0.29) is 6.10 Å². The average molecular weight is 277 g/mol. The summed E-state index contributed by atoms with van der Waals surface area (Å²) < 4.78 is 5.96. The topological polar surface area (TPSA) is 58.6 Å². The van der Waals surface area contributed by atoms with Gasteiger partial charge in [0.15, 0.2) is 0 Å². The van der Waals surface area contributed by atoms with Crippen LogP contribution in [0.4, 0.5) is 0 Å². The van der Waals surface area contributed by atoms with E-state index in [1.807, 2.05) is 38.1 Å². The summed E-state index contributed by atoms with van der Waals surface area (Å²) in [5, 5.41) is 12.7. The monoisotopic (exact) mass is 277 g/mol. The molecular weight excluding hydrogens is 254 g/mol. The molecule has 2 rings (SSSR count). The Hall–Kier alpha value is -1.55.